The van der Waals surface area contributed by atoms with Gasteiger partial charge in [-0.2, -0.15) is 0 Å². The van der Waals surface area contributed by atoms with Gasteiger partial charge in [-0.1, -0.05) is 44.0 Å². The largest absolute Gasteiger partial charge is 0.479 e. The summed E-state index contributed by atoms with van der Waals surface area (Å²) in [6.45, 7) is 0. The number of Topliss-reactive ketones (excluding diaryl/α,β-unsaturated/α-hetero) is 1. The Labute approximate surface area is 115 Å². The molecule has 6 heteroatoms. The van der Waals surface area contributed by atoms with Gasteiger partial charge in [-0.3, -0.25) is 4.79 Å². The van der Waals surface area contributed by atoms with Crippen LogP contribution in [0.25, 0.3) is 0 Å². The topological polar surface area (TPSA) is 74.6 Å². The third kappa shape index (κ3) is 3.62. The molecule has 1 aromatic rings. The highest BCUT2D eigenvalue weighted by molar-refractivity contribution is 9.10. The highest BCUT2D eigenvalue weighted by atomic mass is 79.9. The monoisotopic (exact) mass is 364 g/mol. The summed E-state index contributed by atoms with van der Waals surface area (Å²) >= 11 is 6.22. The molecule has 17 heavy (non-hydrogen) atoms. The molecule has 0 aliphatic heterocycles. The zero-order chi connectivity index (χ0) is 13.0. The molecule has 0 spiro atoms. The predicted molar refractivity (Wildman–Crippen MR) is 69.2 cm³/mol. The highest BCUT2D eigenvalue weighted by Crippen LogP contribution is 2.28. The lowest BCUT2D eigenvalue weighted by molar-refractivity contribution is -0.147. The van der Waals surface area contributed by atoms with Gasteiger partial charge in [0, 0.05) is 16.5 Å². The number of carbonyl (C=O) groups excluding carboxylic acids is 1. The molecule has 0 heterocycles. The van der Waals surface area contributed by atoms with E-state index in [1.54, 1.807) is 18.2 Å². The van der Waals surface area contributed by atoms with Crippen LogP contribution in [0.3, 0.4) is 0 Å². The van der Waals surface area contributed by atoms with Crippen LogP contribution in [0.1, 0.15) is 17.2 Å². The fraction of sp³-hybridized carbons (Fsp3) is 0.273. The lowest BCUT2D eigenvalue weighted by Gasteiger charge is -2.13. The number of carboxylic acid groups (broad SMARTS) is 1. The molecule has 0 aromatic heterocycles. The second-order valence-electron chi connectivity index (χ2n) is 3.40. The predicted octanol–water partition coefficient (Wildman–Crippen LogP) is 2.07. The third-order valence-corrected chi connectivity index (χ3v) is 3.50. The Morgan fingerprint density at radius 2 is 2.00 bits per heavy atom. The van der Waals surface area contributed by atoms with Crippen molar-refractivity contribution in [1.82, 2.24) is 0 Å². The van der Waals surface area contributed by atoms with Crippen molar-refractivity contribution in [3.63, 3.8) is 0 Å². The molecule has 4 nitrogen and oxygen atoms in total. The van der Waals surface area contributed by atoms with Gasteiger partial charge >= 0.3 is 5.97 Å². The van der Waals surface area contributed by atoms with Crippen molar-refractivity contribution in [2.75, 3.05) is 5.33 Å². The first-order chi connectivity index (χ1) is 7.97. The van der Waals surface area contributed by atoms with Gasteiger partial charge in [-0.25, -0.2) is 4.79 Å². The maximum atomic E-state index is 11.3. The molecule has 0 fully saturated rings. The average molecular weight is 366 g/mol. The van der Waals surface area contributed by atoms with Gasteiger partial charge in [-0.05, 0) is 11.6 Å². The van der Waals surface area contributed by atoms with Crippen molar-refractivity contribution in [3.05, 3.63) is 33.8 Å². The minimum atomic E-state index is -1.64. The van der Waals surface area contributed by atoms with Crippen LogP contribution in [0.5, 0.6) is 0 Å². The van der Waals surface area contributed by atoms with Crippen LogP contribution in [-0.2, 0) is 16.0 Å². The minimum Gasteiger partial charge on any atom is -0.479 e. The van der Waals surface area contributed by atoms with Crippen LogP contribution in [0.2, 0.25) is 0 Å². The third-order valence-electron chi connectivity index (χ3n) is 2.19. The van der Waals surface area contributed by atoms with Gasteiger partial charge in [0.15, 0.2) is 6.10 Å². The van der Waals surface area contributed by atoms with Gasteiger partial charge in [0.05, 0.1) is 5.33 Å². The number of hydrogen-bond acceptors (Lipinski definition) is 3. The Morgan fingerprint density at radius 1 is 1.35 bits per heavy atom. The molecule has 0 bridgehead atoms. The van der Waals surface area contributed by atoms with Gasteiger partial charge in [0.1, 0.15) is 5.78 Å². The van der Waals surface area contributed by atoms with Crippen LogP contribution in [0.15, 0.2) is 22.7 Å². The number of benzene rings is 1. The van der Waals surface area contributed by atoms with Crippen LogP contribution < -0.4 is 0 Å². The van der Waals surface area contributed by atoms with Gasteiger partial charge in [0.25, 0.3) is 0 Å². The fourth-order valence-electron chi connectivity index (χ4n) is 1.43. The average Bonchev–Trinajstić information content (AvgIpc) is 2.28. The van der Waals surface area contributed by atoms with Crippen molar-refractivity contribution >= 4 is 43.6 Å². The normalized spacial score (nSPS) is 12.2. The number of carboxylic acids is 1. The molecule has 1 atom stereocenters. The molecule has 0 radical (unpaired) electrons. The van der Waals surface area contributed by atoms with Crippen molar-refractivity contribution < 1.29 is 19.8 Å². The molecule has 1 aromatic carbocycles. The second-order valence-corrected chi connectivity index (χ2v) is 4.82. The molecule has 0 amide bonds. The first-order valence-corrected chi connectivity index (χ1v) is 6.64. The van der Waals surface area contributed by atoms with E-state index in [1.807, 2.05) is 0 Å². The maximum absolute atomic E-state index is 11.3. The zero-order valence-corrected chi connectivity index (χ0v) is 11.9. The Kier molecular flexibility index (Phi) is 5.30. The van der Waals surface area contributed by atoms with Crippen molar-refractivity contribution in [3.8, 4) is 0 Å². The molecule has 0 saturated heterocycles. The molecule has 1 unspecified atom stereocenters. The van der Waals surface area contributed by atoms with Gasteiger partial charge in [0.2, 0.25) is 0 Å². The Hall–Kier alpha value is -0.720. The van der Waals surface area contributed by atoms with E-state index in [1.165, 1.54) is 0 Å². The molecule has 2 N–H and O–H groups in total. The first-order valence-electron chi connectivity index (χ1n) is 4.73. The molecule has 0 saturated carbocycles. The Bertz CT molecular complexity index is 445. The standard InChI is InChI=1S/C11H10Br2O4/c12-5-7(14)4-6-2-1-3-8(13)9(6)10(15)11(16)17/h1-3,10,15H,4-5H2,(H,16,17). The van der Waals surface area contributed by atoms with Gasteiger partial charge < -0.3 is 10.2 Å². The van der Waals surface area contributed by atoms with E-state index in [9.17, 15) is 14.7 Å². The summed E-state index contributed by atoms with van der Waals surface area (Å²) in [5.41, 5.74) is 0.744. The van der Waals surface area contributed by atoms with E-state index in [4.69, 9.17) is 5.11 Å². The lowest BCUT2D eigenvalue weighted by Crippen LogP contribution is -2.15. The summed E-state index contributed by atoms with van der Waals surface area (Å²) in [4.78, 5) is 22.1. The number of ketones is 1. The number of alkyl halides is 1. The SMILES string of the molecule is O=C(CBr)Cc1cccc(Br)c1C(O)C(=O)O. The van der Waals surface area contributed by atoms with Crippen molar-refractivity contribution in [2.24, 2.45) is 0 Å². The number of aliphatic hydroxyl groups excluding tert-OH is 1. The Morgan fingerprint density at radius 3 is 2.53 bits per heavy atom. The van der Waals surface area contributed by atoms with E-state index in [2.05, 4.69) is 31.9 Å². The molecule has 92 valence electrons. The summed E-state index contributed by atoms with van der Waals surface area (Å²) in [6, 6.07) is 4.95. The minimum absolute atomic E-state index is 0.0815. The number of hydrogen-bond donors (Lipinski definition) is 2. The summed E-state index contributed by atoms with van der Waals surface area (Å²) in [6.07, 6.45) is -1.55. The number of halogens is 2. The number of carbonyl (C=O) groups is 2. The van der Waals surface area contributed by atoms with Crippen LogP contribution >= 0.6 is 31.9 Å². The van der Waals surface area contributed by atoms with E-state index in [0.717, 1.165) is 0 Å². The smallest absolute Gasteiger partial charge is 0.337 e. The van der Waals surface area contributed by atoms with Crippen LogP contribution in [-0.4, -0.2) is 27.3 Å². The van der Waals surface area contributed by atoms with E-state index >= 15 is 0 Å². The van der Waals surface area contributed by atoms with Crippen molar-refractivity contribution in [1.29, 1.82) is 0 Å². The van der Waals surface area contributed by atoms with E-state index in [0.29, 0.717) is 10.0 Å². The summed E-state index contributed by atoms with van der Waals surface area (Å²) in [5, 5.41) is 18.6. The van der Waals surface area contributed by atoms with Gasteiger partial charge in [-0.15, -0.1) is 0 Å². The first kappa shape index (κ1) is 14.3. The Balaban J connectivity index is 3.17. The van der Waals surface area contributed by atoms with Crippen molar-refractivity contribution in [2.45, 2.75) is 12.5 Å². The molecule has 0 aliphatic carbocycles. The fourth-order valence-corrected chi connectivity index (χ4v) is 2.25. The van der Waals surface area contributed by atoms with E-state index in [-0.39, 0.29) is 23.1 Å². The highest BCUT2D eigenvalue weighted by Gasteiger charge is 2.22. The quantitative estimate of drug-likeness (QED) is 0.783. The van der Waals surface area contributed by atoms with E-state index < -0.39 is 12.1 Å². The lowest BCUT2D eigenvalue weighted by atomic mass is 9.98. The molecular formula is C11H10Br2O4. The summed E-state index contributed by atoms with van der Waals surface area (Å²) in [7, 11) is 0. The zero-order valence-electron chi connectivity index (χ0n) is 8.69. The number of aliphatic hydroxyl groups is 1. The maximum Gasteiger partial charge on any atom is 0.337 e. The molecule has 0 aliphatic rings. The van der Waals surface area contributed by atoms with Crippen LogP contribution in [0.4, 0.5) is 0 Å². The summed E-state index contributed by atoms with van der Waals surface area (Å²) < 4.78 is 0.479. The number of aliphatic carboxylic acids is 1. The number of rotatable bonds is 5. The summed E-state index contributed by atoms with van der Waals surface area (Å²) in [5.74, 6) is -1.42. The second kappa shape index (κ2) is 6.28. The van der Waals surface area contributed by atoms with Crippen LogP contribution in [0, 0.1) is 0 Å². The molecule has 1 rings (SSSR count). The molecular weight excluding hydrogens is 356 g/mol.